The molecule has 1 unspecified atom stereocenters. The van der Waals surface area contributed by atoms with Gasteiger partial charge in [0, 0.05) is 10.6 Å². The summed E-state index contributed by atoms with van der Waals surface area (Å²) in [6, 6.07) is 19.9. The molecule has 3 aromatic rings. The smallest absolute Gasteiger partial charge is 1.00 e. The van der Waals surface area contributed by atoms with E-state index in [1.54, 1.807) is 17.8 Å². The van der Waals surface area contributed by atoms with Gasteiger partial charge in [-0.05, 0) is 77.4 Å². The Labute approximate surface area is 247 Å². The molecule has 0 fully saturated rings. The quantitative estimate of drug-likeness (QED) is 0.237. The molecule has 0 aliphatic rings. The molecule has 0 aromatic heterocycles. The molecular formula is C29H33ClLiNO5S. The normalized spacial score (nSPS) is 11.4. The number of nitrogens with one attached hydrogen (secondary N) is 1. The van der Waals surface area contributed by atoms with Crippen molar-refractivity contribution in [2.75, 3.05) is 25.2 Å². The van der Waals surface area contributed by atoms with Crippen LogP contribution in [0.15, 0.2) is 66.7 Å². The molecule has 2 N–H and O–H groups in total. The molecule has 6 nitrogen and oxygen atoms in total. The van der Waals surface area contributed by atoms with Crippen LogP contribution in [0.5, 0.6) is 0 Å². The third-order valence-electron chi connectivity index (χ3n) is 5.80. The van der Waals surface area contributed by atoms with Crippen LogP contribution in [0.2, 0.25) is 5.02 Å². The molecule has 9 heteroatoms. The van der Waals surface area contributed by atoms with Crippen molar-refractivity contribution in [1.29, 1.82) is 0 Å². The van der Waals surface area contributed by atoms with Crippen LogP contribution in [0, 0.1) is 6.92 Å². The monoisotopic (exact) mass is 549 g/mol. The zero-order valence-corrected chi connectivity index (χ0v) is 23.6. The third kappa shape index (κ3) is 9.81. The molecule has 3 rings (SSSR count). The molecule has 0 aliphatic carbocycles. The van der Waals surface area contributed by atoms with Crippen molar-refractivity contribution in [3.05, 3.63) is 94.0 Å². The maximum atomic E-state index is 13.2. The molecule has 198 valence electrons. The van der Waals surface area contributed by atoms with Crippen LogP contribution in [0.1, 0.15) is 34.9 Å². The Hall–Kier alpha value is -2.24. The number of amides is 1. The van der Waals surface area contributed by atoms with Crippen LogP contribution < -0.4 is 24.2 Å². The Kier molecular flexibility index (Phi) is 14.0. The number of hydrogen-bond acceptors (Lipinski definition) is 5. The fourth-order valence-electron chi connectivity index (χ4n) is 3.78. The van der Waals surface area contributed by atoms with Crippen molar-refractivity contribution in [2.45, 2.75) is 32.6 Å². The van der Waals surface area contributed by atoms with Gasteiger partial charge in [0.1, 0.15) is 6.04 Å². The van der Waals surface area contributed by atoms with Crippen molar-refractivity contribution >= 4 is 35.2 Å². The Balaban J connectivity index is 0.00000380. The summed E-state index contributed by atoms with van der Waals surface area (Å²) in [6.07, 6.45) is 2.26. The van der Waals surface area contributed by atoms with E-state index in [1.807, 2.05) is 73.8 Å². The third-order valence-corrected chi connectivity index (χ3v) is 6.70. The van der Waals surface area contributed by atoms with E-state index in [4.69, 9.17) is 21.1 Å². The average molecular weight is 550 g/mol. The summed E-state index contributed by atoms with van der Waals surface area (Å²) < 4.78 is 11.5. The summed E-state index contributed by atoms with van der Waals surface area (Å²) in [5.74, 6) is -0.806. The van der Waals surface area contributed by atoms with Gasteiger partial charge in [-0.3, -0.25) is 4.79 Å². The van der Waals surface area contributed by atoms with Crippen molar-refractivity contribution < 1.29 is 44.5 Å². The number of aliphatic carboxylic acids is 1. The number of carbonyl (C=O) groups is 2. The van der Waals surface area contributed by atoms with Crippen LogP contribution in [0.4, 0.5) is 0 Å². The summed E-state index contributed by atoms with van der Waals surface area (Å²) in [5, 5.41) is 12.9. The van der Waals surface area contributed by atoms with Crippen LogP contribution in [-0.2, 0) is 27.5 Å². The molecule has 1 atom stereocenters. The largest absolute Gasteiger partial charge is 1.00 e. The summed E-state index contributed by atoms with van der Waals surface area (Å²) >= 11 is 7.45. The van der Waals surface area contributed by atoms with E-state index < -0.39 is 17.9 Å². The minimum atomic E-state index is -1.04. The molecule has 0 saturated heterocycles. The molecule has 0 heterocycles. The van der Waals surface area contributed by atoms with E-state index in [1.165, 1.54) is 0 Å². The van der Waals surface area contributed by atoms with Crippen LogP contribution in [0.25, 0.3) is 11.1 Å². The van der Waals surface area contributed by atoms with Gasteiger partial charge < -0.3 is 21.3 Å². The Morgan fingerprint density at radius 3 is 2.24 bits per heavy atom. The fraction of sp³-hybridized carbons (Fsp3) is 0.310. The summed E-state index contributed by atoms with van der Waals surface area (Å²) in [5.41, 5.74) is 5.05. The molecule has 1 amide bonds. The van der Waals surface area contributed by atoms with Crippen LogP contribution in [0.3, 0.4) is 0 Å². The molecule has 0 saturated carbocycles. The second kappa shape index (κ2) is 16.7. The number of hydrogen-bond donors (Lipinski definition) is 2. The topological polar surface area (TPSA) is 84.9 Å². The number of carboxylic acid groups (broad SMARTS) is 1. The first-order valence-electron chi connectivity index (χ1n) is 12.0. The van der Waals surface area contributed by atoms with Gasteiger partial charge in [0.2, 0.25) is 0 Å². The fourth-order valence-corrected chi connectivity index (χ4v) is 4.38. The van der Waals surface area contributed by atoms with Crippen LogP contribution >= 0.6 is 23.4 Å². The maximum absolute atomic E-state index is 13.2. The number of halogens is 1. The van der Waals surface area contributed by atoms with E-state index >= 15 is 0 Å². The first kappa shape index (κ1) is 32.0. The standard InChI is InChI=1S/C29H32ClNO5S.Li.H/c1-20-5-3-4-6-24(20)26-17-22(19-36-15-14-35-18-21-7-10-23(30)11-8-21)9-12-25(26)28(32)31-27(29(33)34)13-16-37-2;;/h3-12,17,27H,13-16,18-19H2,1-2H3,(H,31,32)(H,33,34);;/q;+1;-1. The molecular weight excluding hydrogens is 517 g/mol. The van der Waals surface area contributed by atoms with Gasteiger partial charge in [0.15, 0.2) is 0 Å². The van der Waals surface area contributed by atoms with E-state index in [9.17, 15) is 14.7 Å². The number of aryl methyl sites for hydroxylation is 1. The molecule has 3 aromatic carbocycles. The Bertz CT molecular complexity index is 1200. The number of rotatable bonds is 14. The second-order valence-electron chi connectivity index (χ2n) is 8.57. The van der Waals surface area contributed by atoms with E-state index in [2.05, 4.69) is 5.32 Å². The van der Waals surface area contributed by atoms with E-state index in [0.717, 1.165) is 27.8 Å². The molecule has 38 heavy (non-hydrogen) atoms. The molecule has 0 spiro atoms. The first-order valence-corrected chi connectivity index (χ1v) is 13.8. The van der Waals surface area contributed by atoms with Gasteiger partial charge >= 0.3 is 24.8 Å². The van der Waals surface area contributed by atoms with Crippen LogP contribution in [-0.4, -0.2) is 48.2 Å². The second-order valence-corrected chi connectivity index (χ2v) is 9.99. The van der Waals surface area contributed by atoms with E-state index in [0.29, 0.717) is 49.2 Å². The number of ether oxygens (including phenoxy) is 2. The number of thioether (sulfide) groups is 1. The molecule has 0 bridgehead atoms. The molecule has 0 aliphatic heterocycles. The predicted octanol–water partition coefficient (Wildman–Crippen LogP) is 3.10. The van der Waals surface area contributed by atoms with E-state index in [-0.39, 0.29) is 20.3 Å². The Morgan fingerprint density at radius 2 is 1.61 bits per heavy atom. The van der Waals surface area contributed by atoms with Gasteiger partial charge in [0.05, 0.1) is 26.4 Å². The number of carbonyl (C=O) groups excluding carboxylic acids is 1. The Morgan fingerprint density at radius 1 is 0.974 bits per heavy atom. The first-order chi connectivity index (χ1) is 17.9. The summed E-state index contributed by atoms with van der Waals surface area (Å²) in [6.45, 7) is 3.69. The average Bonchev–Trinajstić information content (AvgIpc) is 2.89. The zero-order valence-electron chi connectivity index (χ0n) is 23.0. The van der Waals surface area contributed by atoms with Crippen molar-refractivity contribution in [3.63, 3.8) is 0 Å². The van der Waals surface area contributed by atoms with Crippen molar-refractivity contribution in [1.82, 2.24) is 5.32 Å². The van der Waals surface area contributed by atoms with Gasteiger partial charge in [-0.25, -0.2) is 4.79 Å². The zero-order chi connectivity index (χ0) is 26.6. The minimum absolute atomic E-state index is 0. The van der Waals surface area contributed by atoms with Gasteiger partial charge in [0.25, 0.3) is 5.91 Å². The van der Waals surface area contributed by atoms with Crippen molar-refractivity contribution in [2.24, 2.45) is 0 Å². The molecule has 0 radical (unpaired) electrons. The van der Waals surface area contributed by atoms with Gasteiger partial charge in [-0.1, -0.05) is 54.1 Å². The predicted molar refractivity (Wildman–Crippen MR) is 150 cm³/mol. The van der Waals surface area contributed by atoms with Crippen molar-refractivity contribution in [3.8, 4) is 11.1 Å². The SMILES string of the molecule is CSCCC(NC(=O)c1ccc(COCCOCc2ccc(Cl)cc2)cc1-c1ccccc1C)C(=O)O.[H-].[Li+]. The summed E-state index contributed by atoms with van der Waals surface area (Å²) in [4.78, 5) is 24.8. The minimum Gasteiger partial charge on any atom is -1.00 e. The number of benzene rings is 3. The van der Waals surface area contributed by atoms with Gasteiger partial charge in [-0.2, -0.15) is 11.8 Å². The number of carboxylic acids is 1. The maximum Gasteiger partial charge on any atom is 1.00 e. The van der Waals surface area contributed by atoms with Gasteiger partial charge in [-0.15, -0.1) is 0 Å². The summed E-state index contributed by atoms with van der Waals surface area (Å²) in [7, 11) is 0.